The second-order valence-corrected chi connectivity index (χ2v) is 5.25. The van der Waals surface area contributed by atoms with E-state index in [1.54, 1.807) is 0 Å². The molecular formula is C15H20F3NO2. The number of nitrogens with two attached hydrogens (primary N) is 1. The third-order valence-corrected chi connectivity index (χ3v) is 3.88. The minimum Gasteiger partial charge on any atom is -0.493 e. The number of para-hydroxylation sites is 1. The van der Waals surface area contributed by atoms with E-state index in [-0.39, 0.29) is 18.3 Å². The number of alkyl halides is 3. The molecule has 0 spiro atoms. The van der Waals surface area contributed by atoms with Crippen molar-refractivity contribution >= 4 is 0 Å². The monoisotopic (exact) mass is 303 g/mol. The van der Waals surface area contributed by atoms with Crippen molar-refractivity contribution in [2.45, 2.75) is 19.0 Å². The number of hydrogen-bond donors (Lipinski definition) is 1. The van der Waals surface area contributed by atoms with Gasteiger partial charge in [-0.15, -0.1) is 0 Å². The first kappa shape index (κ1) is 16.1. The quantitative estimate of drug-likeness (QED) is 0.909. The van der Waals surface area contributed by atoms with Crippen LogP contribution in [-0.2, 0) is 10.9 Å². The van der Waals surface area contributed by atoms with Gasteiger partial charge < -0.3 is 15.2 Å². The van der Waals surface area contributed by atoms with E-state index in [4.69, 9.17) is 15.2 Å². The lowest BCUT2D eigenvalue weighted by molar-refractivity contribution is -0.139. The summed E-state index contributed by atoms with van der Waals surface area (Å²) >= 11 is 0. The number of hydrogen-bond acceptors (Lipinski definition) is 3. The maximum Gasteiger partial charge on any atom is 0.419 e. The van der Waals surface area contributed by atoms with E-state index in [1.807, 2.05) is 0 Å². The van der Waals surface area contributed by atoms with Crippen molar-refractivity contribution in [1.29, 1.82) is 0 Å². The first-order valence-electron chi connectivity index (χ1n) is 7.09. The average Bonchev–Trinajstić information content (AvgIpc) is 2.48. The van der Waals surface area contributed by atoms with Crippen LogP contribution in [0, 0.1) is 11.8 Å². The topological polar surface area (TPSA) is 44.5 Å². The molecule has 2 rings (SSSR count). The predicted octanol–water partition coefficient (Wildman–Crippen LogP) is 3.09. The van der Waals surface area contributed by atoms with E-state index < -0.39 is 11.7 Å². The normalized spacial score (nSPS) is 18.5. The van der Waals surface area contributed by atoms with Gasteiger partial charge in [-0.3, -0.25) is 0 Å². The lowest BCUT2D eigenvalue weighted by Gasteiger charge is -2.29. The minimum atomic E-state index is -4.41. The zero-order valence-corrected chi connectivity index (χ0v) is 11.7. The third kappa shape index (κ3) is 4.35. The van der Waals surface area contributed by atoms with Gasteiger partial charge in [0, 0.05) is 19.1 Å². The molecule has 3 nitrogen and oxygen atoms in total. The largest absolute Gasteiger partial charge is 0.493 e. The van der Waals surface area contributed by atoms with Crippen LogP contribution in [0.1, 0.15) is 18.4 Å². The second-order valence-electron chi connectivity index (χ2n) is 5.25. The average molecular weight is 303 g/mol. The first-order chi connectivity index (χ1) is 10.0. The molecule has 0 aliphatic carbocycles. The van der Waals surface area contributed by atoms with Crippen molar-refractivity contribution in [3.8, 4) is 5.75 Å². The van der Waals surface area contributed by atoms with Gasteiger partial charge >= 0.3 is 6.18 Å². The highest BCUT2D eigenvalue weighted by molar-refractivity contribution is 5.35. The van der Waals surface area contributed by atoms with Crippen molar-refractivity contribution in [2.24, 2.45) is 17.6 Å². The molecule has 1 aromatic rings. The Morgan fingerprint density at radius 2 is 1.90 bits per heavy atom. The second kappa shape index (κ2) is 7.13. The van der Waals surface area contributed by atoms with E-state index >= 15 is 0 Å². The summed E-state index contributed by atoms with van der Waals surface area (Å²) in [6, 6.07) is 5.27. The van der Waals surface area contributed by atoms with Gasteiger partial charge in [0.1, 0.15) is 5.75 Å². The van der Waals surface area contributed by atoms with Crippen molar-refractivity contribution in [2.75, 3.05) is 26.4 Å². The van der Waals surface area contributed by atoms with Crippen LogP contribution in [-0.4, -0.2) is 26.4 Å². The van der Waals surface area contributed by atoms with Crippen LogP contribution in [0.2, 0.25) is 0 Å². The minimum absolute atomic E-state index is 0.0511. The van der Waals surface area contributed by atoms with E-state index in [1.165, 1.54) is 18.2 Å². The van der Waals surface area contributed by atoms with Gasteiger partial charge in [-0.1, -0.05) is 12.1 Å². The summed E-state index contributed by atoms with van der Waals surface area (Å²) < 4.78 is 49.4. The Morgan fingerprint density at radius 3 is 2.52 bits per heavy atom. The fraction of sp³-hybridized carbons (Fsp3) is 0.600. The Morgan fingerprint density at radius 1 is 1.24 bits per heavy atom. The summed E-state index contributed by atoms with van der Waals surface area (Å²) in [5.41, 5.74) is 5.01. The zero-order chi connectivity index (χ0) is 15.3. The lowest BCUT2D eigenvalue weighted by Crippen LogP contribution is -2.33. The molecule has 1 aliphatic heterocycles. The highest BCUT2D eigenvalue weighted by atomic mass is 19.4. The van der Waals surface area contributed by atoms with Crippen LogP contribution in [0.5, 0.6) is 5.75 Å². The number of halogens is 3. The SMILES string of the molecule is NCC(COc1ccccc1C(F)(F)F)C1CCOCC1. The highest BCUT2D eigenvalue weighted by Gasteiger charge is 2.34. The number of ether oxygens (including phenoxy) is 2. The standard InChI is InChI=1S/C15H20F3NO2/c16-15(17,18)13-3-1-2-4-14(13)21-10-12(9-19)11-5-7-20-8-6-11/h1-4,11-12H,5-10,19H2. The van der Waals surface area contributed by atoms with E-state index in [9.17, 15) is 13.2 Å². The van der Waals surface area contributed by atoms with Crippen LogP contribution in [0.3, 0.4) is 0 Å². The first-order valence-corrected chi connectivity index (χ1v) is 7.09. The highest BCUT2D eigenvalue weighted by Crippen LogP contribution is 2.36. The summed E-state index contributed by atoms with van der Waals surface area (Å²) in [5.74, 6) is 0.271. The summed E-state index contributed by atoms with van der Waals surface area (Å²) in [6.45, 7) is 1.97. The lowest BCUT2D eigenvalue weighted by atomic mass is 9.86. The Hall–Kier alpha value is -1.27. The molecule has 1 unspecified atom stereocenters. The van der Waals surface area contributed by atoms with Crippen LogP contribution in [0.25, 0.3) is 0 Å². The zero-order valence-electron chi connectivity index (χ0n) is 11.7. The summed E-state index contributed by atoms with van der Waals surface area (Å²) in [6.07, 6.45) is -2.65. The van der Waals surface area contributed by atoms with Crippen LogP contribution in [0.15, 0.2) is 24.3 Å². The molecule has 0 saturated carbocycles. The molecule has 118 valence electrons. The summed E-state index contributed by atoms with van der Waals surface area (Å²) in [4.78, 5) is 0. The molecule has 6 heteroatoms. The molecular weight excluding hydrogens is 283 g/mol. The number of rotatable bonds is 5. The molecule has 21 heavy (non-hydrogen) atoms. The van der Waals surface area contributed by atoms with Crippen molar-refractivity contribution in [1.82, 2.24) is 0 Å². The van der Waals surface area contributed by atoms with E-state index in [2.05, 4.69) is 0 Å². The van der Waals surface area contributed by atoms with Gasteiger partial charge in [-0.25, -0.2) is 0 Å². The Balaban J connectivity index is 2.01. The molecule has 1 atom stereocenters. The van der Waals surface area contributed by atoms with Crippen LogP contribution < -0.4 is 10.5 Å². The van der Waals surface area contributed by atoms with E-state index in [0.717, 1.165) is 18.9 Å². The van der Waals surface area contributed by atoms with Gasteiger partial charge in [-0.05, 0) is 37.4 Å². The maximum absolute atomic E-state index is 12.9. The molecule has 0 aromatic heterocycles. The van der Waals surface area contributed by atoms with Gasteiger partial charge in [0.2, 0.25) is 0 Å². The molecule has 0 amide bonds. The number of benzene rings is 1. The Labute approximate surface area is 122 Å². The molecule has 1 saturated heterocycles. The van der Waals surface area contributed by atoms with Crippen LogP contribution in [0.4, 0.5) is 13.2 Å². The van der Waals surface area contributed by atoms with Crippen molar-refractivity contribution in [3.05, 3.63) is 29.8 Å². The smallest absolute Gasteiger partial charge is 0.419 e. The maximum atomic E-state index is 12.9. The van der Waals surface area contributed by atoms with Crippen molar-refractivity contribution < 1.29 is 22.6 Å². The molecule has 1 heterocycles. The van der Waals surface area contributed by atoms with E-state index in [0.29, 0.717) is 25.7 Å². The summed E-state index contributed by atoms with van der Waals surface area (Å²) in [7, 11) is 0. The van der Waals surface area contributed by atoms with Gasteiger partial charge in [0.05, 0.1) is 12.2 Å². The fourth-order valence-corrected chi connectivity index (χ4v) is 2.61. The molecule has 0 radical (unpaired) electrons. The molecule has 0 bridgehead atoms. The van der Waals surface area contributed by atoms with Crippen LogP contribution >= 0.6 is 0 Å². The molecule has 2 N–H and O–H groups in total. The molecule has 1 aromatic carbocycles. The third-order valence-electron chi connectivity index (χ3n) is 3.88. The van der Waals surface area contributed by atoms with Gasteiger partial charge in [-0.2, -0.15) is 13.2 Å². The Bertz CT molecular complexity index is 445. The fourth-order valence-electron chi connectivity index (χ4n) is 2.61. The Kier molecular flexibility index (Phi) is 5.47. The molecule has 1 aliphatic rings. The van der Waals surface area contributed by atoms with Gasteiger partial charge in [0.15, 0.2) is 0 Å². The molecule has 1 fully saturated rings. The summed E-state index contributed by atoms with van der Waals surface area (Å²) in [5, 5.41) is 0. The van der Waals surface area contributed by atoms with Gasteiger partial charge in [0.25, 0.3) is 0 Å². The predicted molar refractivity (Wildman–Crippen MR) is 73.0 cm³/mol. The van der Waals surface area contributed by atoms with Crippen molar-refractivity contribution in [3.63, 3.8) is 0 Å².